The molecule has 0 saturated carbocycles. The van der Waals surface area contributed by atoms with Crippen molar-refractivity contribution in [2.24, 2.45) is 0 Å². The standard InChI is InChI=1S/C24H33NO3S/c1-19-9-11-21(12-10-19)24(14-16-28-23(2,3)18-24)13-15-25-17-20-7-5-6-8-22(20)29(4,26)27/h5-12,25H,13-18H2,1-4H3. The predicted molar refractivity (Wildman–Crippen MR) is 118 cm³/mol. The second kappa shape index (κ2) is 8.58. The van der Waals surface area contributed by atoms with Crippen molar-refractivity contribution in [3.8, 4) is 0 Å². The molecule has 1 aliphatic rings. The number of nitrogens with one attached hydrogen (secondary N) is 1. The molecule has 0 aliphatic carbocycles. The zero-order valence-electron chi connectivity index (χ0n) is 18.0. The molecule has 1 N–H and O–H groups in total. The molecule has 1 aliphatic heterocycles. The largest absolute Gasteiger partial charge is 0.376 e. The highest BCUT2D eigenvalue weighted by atomic mass is 32.2. The summed E-state index contributed by atoms with van der Waals surface area (Å²) in [5.74, 6) is 0. The van der Waals surface area contributed by atoms with E-state index in [1.54, 1.807) is 12.1 Å². The van der Waals surface area contributed by atoms with E-state index in [0.29, 0.717) is 11.4 Å². The van der Waals surface area contributed by atoms with Crippen molar-refractivity contribution in [1.82, 2.24) is 5.32 Å². The molecule has 1 heterocycles. The van der Waals surface area contributed by atoms with Gasteiger partial charge in [-0.3, -0.25) is 0 Å². The lowest BCUT2D eigenvalue weighted by Gasteiger charge is -2.45. The second-order valence-corrected chi connectivity index (χ2v) is 11.0. The first kappa shape index (κ1) is 22.0. The molecule has 29 heavy (non-hydrogen) atoms. The topological polar surface area (TPSA) is 55.4 Å². The molecule has 4 nitrogen and oxygen atoms in total. The van der Waals surface area contributed by atoms with E-state index in [1.807, 2.05) is 12.1 Å². The molecule has 158 valence electrons. The zero-order valence-corrected chi connectivity index (χ0v) is 18.8. The molecular formula is C24H33NO3S. The fourth-order valence-corrected chi connectivity index (χ4v) is 5.49. The van der Waals surface area contributed by atoms with E-state index in [1.165, 1.54) is 17.4 Å². The van der Waals surface area contributed by atoms with E-state index < -0.39 is 9.84 Å². The third-order valence-electron chi connectivity index (χ3n) is 5.97. The van der Waals surface area contributed by atoms with Gasteiger partial charge in [-0.05, 0) is 63.8 Å². The SMILES string of the molecule is Cc1ccc(C2(CCNCc3ccccc3S(C)(=O)=O)CCOC(C)(C)C2)cc1. The molecule has 3 rings (SSSR count). The van der Waals surface area contributed by atoms with Crippen LogP contribution in [-0.2, 0) is 26.5 Å². The number of ether oxygens (including phenoxy) is 1. The van der Waals surface area contributed by atoms with E-state index in [4.69, 9.17) is 4.74 Å². The Morgan fingerprint density at radius 2 is 1.76 bits per heavy atom. The first-order valence-electron chi connectivity index (χ1n) is 10.3. The van der Waals surface area contributed by atoms with Crippen molar-refractivity contribution in [2.75, 3.05) is 19.4 Å². The Balaban J connectivity index is 1.73. The highest BCUT2D eigenvalue weighted by Crippen LogP contribution is 2.43. The summed E-state index contributed by atoms with van der Waals surface area (Å²) in [5.41, 5.74) is 3.39. The molecule has 2 aromatic rings. The third-order valence-corrected chi connectivity index (χ3v) is 7.17. The van der Waals surface area contributed by atoms with Crippen LogP contribution < -0.4 is 5.32 Å². The minimum absolute atomic E-state index is 0.0683. The molecule has 1 unspecified atom stereocenters. The van der Waals surface area contributed by atoms with Gasteiger partial charge >= 0.3 is 0 Å². The maximum atomic E-state index is 12.0. The van der Waals surface area contributed by atoms with Gasteiger partial charge in [-0.1, -0.05) is 48.0 Å². The summed E-state index contributed by atoms with van der Waals surface area (Å²) in [7, 11) is -3.22. The van der Waals surface area contributed by atoms with Crippen LogP contribution in [0.5, 0.6) is 0 Å². The van der Waals surface area contributed by atoms with Crippen molar-refractivity contribution in [1.29, 1.82) is 0 Å². The van der Waals surface area contributed by atoms with Gasteiger partial charge in [-0.2, -0.15) is 0 Å². The van der Waals surface area contributed by atoms with Crippen LogP contribution in [0.4, 0.5) is 0 Å². The van der Waals surface area contributed by atoms with Crippen LogP contribution in [0.3, 0.4) is 0 Å². The van der Waals surface area contributed by atoms with Crippen LogP contribution >= 0.6 is 0 Å². The molecular weight excluding hydrogens is 382 g/mol. The number of benzene rings is 2. The lowest BCUT2D eigenvalue weighted by atomic mass is 9.67. The smallest absolute Gasteiger partial charge is 0.175 e. The van der Waals surface area contributed by atoms with Crippen LogP contribution in [0.2, 0.25) is 0 Å². The summed E-state index contributed by atoms with van der Waals surface area (Å²) >= 11 is 0. The van der Waals surface area contributed by atoms with Gasteiger partial charge in [0.25, 0.3) is 0 Å². The predicted octanol–water partition coefficient (Wildman–Crippen LogP) is 4.41. The first-order chi connectivity index (χ1) is 13.6. The summed E-state index contributed by atoms with van der Waals surface area (Å²) in [5, 5.41) is 3.49. The Kier molecular flexibility index (Phi) is 6.51. The molecule has 1 fully saturated rings. The average Bonchev–Trinajstić information content (AvgIpc) is 2.64. The first-order valence-corrected chi connectivity index (χ1v) is 12.2. The van der Waals surface area contributed by atoms with Gasteiger partial charge < -0.3 is 10.1 Å². The van der Waals surface area contributed by atoms with Crippen LogP contribution in [0.25, 0.3) is 0 Å². The van der Waals surface area contributed by atoms with Crippen molar-refractivity contribution < 1.29 is 13.2 Å². The minimum Gasteiger partial charge on any atom is -0.376 e. The third kappa shape index (κ3) is 5.47. The fourth-order valence-electron chi connectivity index (χ4n) is 4.55. The zero-order chi connectivity index (χ0) is 21.1. The van der Waals surface area contributed by atoms with Gasteiger partial charge in [0, 0.05) is 24.8 Å². The molecule has 5 heteroatoms. The molecule has 1 saturated heterocycles. The number of hydrogen-bond donors (Lipinski definition) is 1. The van der Waals surface area contributed by atoms with Gasteiger partial charge in [-0.25, -0.2) is 8.42 Å². The highest BCUT2D eigenvalue weighted by molar-refractivity contribution is 7.90. The maximum absolute atomic E-state index is 12.0. The van der Waals surface area contributed by atoms with Crippen molar-refractivity contribution in [3.05, 3.63) is 65.2 Å². The van der Waals surface area contributed by atoms with Crippen LogP contribution in [-0.4, -0.2) is 33.4 Å². The summed E-state index contributed by atoms with van der Waals surface area (Å²) in [6.07, 6.45) is 4.23. The molecule has 0 amide bonds. The Hall–Kier alpha value is -1.69. The molecule has 0 spiro atoms. The lowest BCUT2D eigenvalue weighted by molar-refractivity contribution is -0.0840. The number of rotatable bonds is 7. The van der Waals surface area contributed by atoms with E-state index in [2.05, 4.69) is 50.4 Å². The lowest BCUT2D eigenvalue weighted by Crippen LogP contribution is -2.45. The Morgan fingerprint density at radius 1 is 1.07 bits per heavy atom. The van der Waals surface area contributed by atoms with Crippen molar-refractivity contribution >= 4 is 9.84 Å². The Labute approximate surface area is 175 Å². The quantitative estimate of drug-likeness (QED) is 0.681. The molecule has 0 bridgehead atoms. The van der Waals surface area contributed by atoms with Crippen LogP contribution in [0.1, 0.15) is 49.8 Å². The van der Waals surface area contributed by atoms with Crippen molar-refractivity contribution in [3.63, 3.8) is 0 Å². The normalized spacial score (nSPS) is 21.8. The van der Waals surface area contributed by atoms with Gasteiger partial charge in [-0.15, -0.1) is 0 Å². The van der Waals surface area contributed by atoms with E-state index >= 15 is 0 Å². The number of sulfone groups is 1. The van der Waals surface area contributed by atoms with Gasteiger partial charge in [0.1, 0.15) is 0 Å². The summed E-state index contributed by atoms with van der Waals surface area (Å²) < 4.78 is 30.1. The highest BCUT2D eigenvalue weighted by Gasteiger charge is 2.41. The fraction of sp³-hybridized carbons (Fsp3) is 0.500. The van der Waals surface area contributed by atoms with Gasteiger partial charge in [0.15, 0.2) is 9.84 Å². The van der Waals surface area contributed by atoms with Gasteiger partial charge in [0.05, 0.1) is 10.5 Å². The van der Waals surface area contributed by atoms with Crippen LogP contribution in [0.15, 0.2) is 53.4 Å². The Bertz CT molecular complexity index is 935. The molecule has 2 aromatic carbocycles. The number of hydrogen-bond acceptors (Lipinski definition) is 4. The number of aryl methyl sites for hydroxylation is 1. The monoisotopic (exact) mass is 415 g/mol. The van der Waals surface area contributed by atoms with Crippen LogP contribution in [0, 0.1) is 6.92 Å². The molecule has 1 atom stereocenters. The summed E-state index contributed by atoms with van der Waals surface area (Å²) in [6, 6.07) is 16.1. The van der Waals surface area contributed by atoms with Gasteiger partial charge in [0.2, 0.25) is 0 Å². The minimum atomic E-state index is -3.22. The second-order valence-electron chi connectivity index (χ2n) is 8.99. The molecule has 0 aromatic heterocycles. The average molecular weight is 416 g/mol. The van der Waals surface area contributed by atoms with E-state index in [-0.39, 0.29) is 11.0 Å². The summed E-state index contributed by atoms with van der Waals surface area (Å²) in [4.78, 5) is 0.410. The van der Waals surface area contributed by atoms with E-state index in [0.717, 1.165) is 38.0 Å². The maximum Gasteiger partial charge on any atom is 0.175 e. The van der Waals surface area contributed by atoms with Crippen molar-refractivity contribution in [2.45, 2.75) is 62.5 Å². The Morgan fingerprint density at radius 3 is 2.41 bits per heavy atom. The van der Waals surface area contributed by atoms with E-state index in [9.17, 15) is 8.42 Å². The summed E-state index contributed by atoms with van der Waals surface area (Å²) in [6.45, 7) is 8.59. The molecule has 0 radical (unpaired) electrons.